The molecular formula is C29H32N4O2Si. The average Bonchev–Trinajstić information content (AvgIpc) is 3.25. The molecule has 6 nitrogen and oxygen atoms in total. The monoisotopic (exact) mass is 496 g/mol. The molecule has 0 saturated carbocycles. The predicted octanol–water partition coefficient (Wildman–Crippen LogP) is 4.66. The summed E-state index contributed by atoms with van der Waals surface area (Å²) < 4.78 is 14.1. The minimum absolute atomic E-state index is 0.273. The molecule has 0 aliphatic heterocycles. The Kier molecular flexibility index (Phi) is 7.29. The molecule has 184 valence electrons. The van der Waals surface area contributed by atoms with E-state index in [1.807, 2.05) is 65.2 Å². The summed E-state index contributed by atoms with van der Waals surface area (Å²) in [5, 5.41) is 12.2. The van der Waals surface area contributed by atoms with E-state index in [2.05, 4.69) is 56.1 Å². The molecule has 7 heteroatoms. The molecule has 1 aromatic heterocycles. The first kappa shape index (κ1) is 25.2. The maximum Gasteiger partial charge on any atom is 0.263 e. The van der Waals surface area contributed by atoms with Crippen molar-refractivity contribution >= 4 is 24.5 Å². The minimum atomic E-state index is -2.96. The molecule has 4 aromatic rings. The Bertz CT molecular complexity index is 1280. The van der Waals surface area contributed by atoms with Crippen LogP contribution in [0, 0.1) is 11.3 Å². The smallest absolute Gasteiger partial charge is 0.263 e. The van der Waals surface area contributed by atoms with Crippen molar-refractivity contribution in [1.82, 2.24) is 9.55 Å². The normalized spacial score (nSPS) is 12.6. The van der Waals surface area contributed by atoms with Gasteiger partial charge in [0, 0.05) is 0 Å². The summed E-state index contributed by atoms with van der Waals surface area (Å²) >= 11 is 0. The van der Waals surface area contributed by atoms with Crippen molar-refractivity contribution in [3.05, 3.63) is 103 Å². The van der Waals surface area contributed by atoms with Crippen molar-refractivity contribution in [1.29, 1.82) is 5.26 Å². The second-order valence-electron chi connectivity index (χ2n) is 9.78. The maximum atomic E-state index is 10.3. The Morgan fingerprint density at radius 3 is 1.97 bits per heavy atom. The Morgan fingerprint density at radius 2 is 1.50 bits per heavy atom. The van der Waals surface area contributed by atoms with E-state index in [9.17, 15) is 5.26 Å². The van der Waals surface area contributed by atoms with Crippen LogP contribution in [0.2, 0.25) is 5.04 Å². The van der Waals surface area contributed by atoms with Crippen molar-refractivity contribution in [2.45, 2.75) is 38.5 Å². The van der Waals surface area contributed by atoms with E-state index in [1.165, 1.54) is 0 Å². The molecule has 0 unspecified atom stereocenters. The number of nitrogen functional groups attached to an aromatic ring is 1. The highest BCUT2D eigenvalue weighted by molar-refractivity contribution is 6.99. The summed E-state index contributed by atoms with van der Waals surface area (Å²) in [5.74, 6) is 1.22. The number of nitrogens with two attached hydrogens (primary N) is 1. The first-order chi connectivity index (χ1) is 17.3. The zero-order valence-electron chi connectivity index (χ0n) is 21.2. The Morgan fingerprint density at radius 1 is 0.944 bits per heavy atom. The topological polar surface area (TPSA) is 86.1 Å². The van der Waals surface area contributed by atoms with Gasteiger partial charge >= 0.3 is 0 Å². The van der Waals surface area contributed by atoms with Gasteiger partial charge in [-0.05, 0) is 33.1 Å². The van der Waals surface area contributed by atoms with Crippen molar-refractivity contribution in [3.63, 3.8) is 0 Å². The lowest BCUT2D eigenvalue weighted by Gasteiger charge is -2.43. The Labute approximate surface area is 214 Å². The van der Waals surface area contributed by atoms with Crippen molar-refractivity contribution in [2.75, 3.05) is 12.8 Å². The number of hydrogen-bond donors (Lipinski definition) is 1. The van der Waals surface area contributed by atoms with Crippen LogP contribution in [0.4, 0.5) is 5.82 Å². The van der Waals surface area contributed by atoms with Gasteiger partial charge in [-0.1, -0.05) is 93.6 Å². The fourth-order valence-electron chi connectivity index (χ4n) is 4.67. The van der Waals surface area contributed by atoms with Crippen molar-refractivity contribution in [2.24, 2.45) is 0 Å². The number of hydrogen-bond acceptors (Lipinski definition) is 5. The summed E-state index contributed by atoms with van der Waals surface area (Å²) in [6, 6.07) is 30.6. The largest absolute Gasteiger partial charge is 0.497 e. The fraction of sp³-hybridized carbons (Fsp3) is 0.241. The van der Waals surface area contributed by atoms with Crippen LogP contribution in [-0.2, 0) is 11.0 Å². The third kappa shape index (κ3) is 4.78. The molecule has 36 heavy (non-hydrogen) atoms. The van der Waals surface area contributed by atoms with Crippen molar-refractivity contribution < 1.29 is 9.16 Å². The van der Waals surface area contributed by atoms with Gasteiger partial charge in [-0.3, -0.25) is 0 Å². The number of nitriles is 1. The highest BCUT2D eigenvalue weighted by Crippen LogP contribution is 2.40. The lowest BCUT2D eigenvalue weighted by Crippen LogP contribution is -2.66. The molecule has 1 atom stereocenters. The SMILES string of the molecule is COc1ccc(Cn2cnc([C@@H](C#N)O[Si](c3ccccc3)(c3ccccc3)C(C)(C)C)c2N)cc1. The zero-order valence-corrected chi connectivity index (χ0v) is 22.2. The zero-order chi connectivity index (χ0) is 25.8. The van der Waals surface area contributed by atoms with Gasteiger partial charge in [0.15, 0.2) is 6.10 Å². The molecule has 0 saturated heterocycles. The summed E-state index contributed by atoms with van der Waals surface area (Å²) in [6.07, 6.45) is 0.752. The minimum Gasteiger partial charge on any atom is -0.497 e. The highest BCUT2D eigenvalue weighted by atomic mass is 28.4. The van der Waals surface area contributed by atoms with Gasteiger partial charge in [0.05, 0.1) is 20.0 Å². The molecule has 1 heterocycles. The van der Waals surface area contributed by atoms with Gasteiger partial charge < -0.3 is 19.5 Å². The second-order valence-corrected chi connectivity index (χ2v) is 14.0. The van der Waals surface area contributed by atoms with E-state index in [0.717, 1.165) is 21.7 Å². The molecule has 0 amide bonds. The summed E-state index contributed by atoms with van der Waals surface area (Å²) in [5.41, 5.74) is 8.04. The van der Waals surface area contributed by atoms with Crippen LogP contribution in [0.1, 0.15) is 38.1 Å². The molecule has 3 aromatic carbocycles. The summed E-state index contributed by atoms with van der Waals surface area (Å²) in [7, 11) is -1.31. The van der Waals surface area contributed by atoms with Crippen LogP contribution in [0.5, 0.6) is 5.75 Å². The number of benzene rings is 3. The van der Waals surface area contributed by atoms with E-state index in [0.29, 0.717) is 18.1 Å². The first-order valence-corrected chi connectivity index (χ1v) is 13.8. The lowest BCUT2D eigenvalue weighted by molar-refractivity contribution is 0.241. The third-order valence-electron chi connectivity index (χ3n) is 6.50. The number of rotatable bonds is 8. The van der Waals surface area contributed by atoms with Crippen LogP contribution in [0.3, 0.4) is 0 Å². The van der Waals surface area contributed by atoms with Gasteiger partial charge in [-0.2, -0.15) is 5.26 Å². The number of anilines is 1. The van der Waals surface area contributed by atoms with Gasteiger partial charge in [-0.25, -0.2) is 4.98 Å². The first-order valence-electron chi connectivity index (χ1n) is 11.9. The van der Waals surface area contributed by atoms with Crippen LogP contribution in [-0.4, -0.2) is 25.0 Å². The van der Waals surface area contributed by atoms with E-state index >= 15 is 0 Å². The Balaban J connectivity index is 1.75. The standard InChI is InChI=1S/C29H32N4O2Si/c1-29(2,3)36(24-11-7-5-8-12-24,25-13-9-6-10-14-25)35-26(19-30)27-28(31)33(21-32-27)20-22-15-17-23(34-4)18-16-22/h5-18,21,26H,20,31H2,1-4H3/t26-/m1/s1. The van der Waals surface area contributed by atoms with Crippen LogP contribution >= 0.6 is 0 Å². The molecule has 0 aliphatic carbocycles. The lowest BCUT2D eigenvalue weighted by atomic mass is 10.2. The van der Waals surface area contributed by atoms with Gasteiger partial charge in [0.1, 0.15) is 23.3 Å². The molecule has 4 rings (SSSR count). The molecule has 0 fully saturated rings. The molecular weight excluding hydrogens is 464 g/mol. The second kappa shape index (κ2) is 10.4. The van der Waals surface area contributed by atoms with E-state index in [1.54, 1.807) is 13.4 Å². The van der Waals surface area contributed by atoms with E-state index in [4.69, 9.17) is 14.9 Å². The quantitative estimate of drug-likeness (QED) is 0.359. The number of ether oxygens (including phenoxy) is 1. The molecule has 2 N–H and O–H groups in total. The maximum absolute atomic E-state index is 10.3. The van der Waals surface area contributed by atoms with Crippen LogP contribution < -0.4 is 20.8 Å². The number of imidazole rings is 1. The van der Waals surface area contributed by atoms with Gasteiger partial charge in [-0.15, -0.1) is 0 Å². The highest BCUT2D eigenvalue weighted by Gasteiger charge is 2.52. The molecule has 0 radical (unpaired) electrons. The van der Waals surface area contributed by atoms with Gasteiger partial charge in [0.2, 0.25) is 0 Å². The third-order valence-corrected chi connectivity index (χ3v) is 11.5. The number of aromatic nitrogens is 2. The Hall–Kier alpha value is -3.86. The van der Waals surface area contributed by atoms with E-state index in [-0.39, 0.29) is 5.04 Å². The van der Waals surface area contributed by atoms with Crippen LogP contribution in [0.15, 0.2) is 91.3 Å². The molecule has 0 spiro atoms. The number of methoxy groups -OCH3 is 1. The van der Waals surface area contributed by atoms with Crippen LogP contribution in [0.25, 0.3) is 0 Å². The molecule has 0 aliphatic rings. The summed E-state index contributed by atoms with van der Waals surface area (Å²) in [4.78, 5) is 4.56. The molecule has 0 bridgehead atoms. The van der Waals surface area contributed by atoms with E-state index < -0.39 is 14.4 Å². The average molecular weight is 497 g/mol. The summed E-state index contributed by atoms with van der Waals surface area (Å²) in [6.45, 7) is 7.07. The van der Waals surface area contributed by atoms with Crippen molar-refractivity contribution in [3.8, 4) is 11.8 Å². The predicted molar refractivity (Wildman–Crippen MR) is 146 cm³/mol. The number of nitrogens with zero attached hydrogens (tertiary/aromatic N) is 3. The van der Waals surface area contributed by atoms with Gasteiger partial charge in [0.25, 0.3) is 8.32 Å². The fourth-order valence-corrected chi connectivity index (χ4v) is 9.21.